The van der Waals surface area contributed by atoms with Crippen LogP contribution < -0.4 is 9.47 Å². The van der Waals surface area contributed by atoms with Crippen molar-refractivity contribution >= 4 is 5.97 Å². The van der Waals surface area contributed by atoms with Gasteiger partial charge < -0.3 is 28.5 Å². The van der Waals surface area contributed by atoms with Gasteiger partial charge in [-0.3, -0.25) is 0 Å². The highest BCUT2D eigenvalue weighted by Gasteiger charge is 2.25. The molecule has 1 aliphatic carbocycles. The number of benzene rings is 2. The van der Waals surface area contributed by atoms with E-state index in [1.807, 2.05) is 37.3 Å². The molecule has 35 heavy (non-hydrogen) atoms. The molecule has 0 saturated heterocycles. The van der Waals surface area contributed by atoms with Gasteiger partial charge in [0.15, 0.2) is 11.5 Å². The first-order valence-electron chi connectivity index (χ1n) is 11.9. The second kappa shape index (κ2) is 10.1. The average Bonchev–Trinajstić information content (AvgIpc) is 3.47. The van der Waals surface area contributed by atoms with Gasteiger partial charge in [-0.15, -0.1) is 0 Å². The molecule has 2 heterocycles. The second-order valence-electron chi connectivity index (χ2n) is 9.04. The molecule has 2 aliphatic rings. The van der Waals surface area contributed by atoms with E-state index in [-0.39, 0.29) is 25.6 Å². The van der Waals surface area contributed by atoms with Crippen LogP contribution in [0.1, 0.15) is 58.6 Å². The van der Waals surface area contributed by atoms with Gasteiger partial charge in [0.25, 0.3) is 0 Å². The minimum atomic E-state index is -0.922. The number of aromatic carboxylic acids is 1. The van der Waals surface area contributed by atoms with Gasteiger partial charge >= 0.3 is 5.97 Å². The SMILES string of the molecule is Cc1cccc(CO[C@@H]2CCC[C@H](OCc3nc(-c4ccc5c(c4)OCO5)oc3C)C2)c1C(=O)O. The van der Waals surface area contributed by atoms with Crippen LogP contribution in [0.5, 0.6) is 11.5 Å². The Morgan fingerprint density at radius 2 is 1.83 bits per heavy atom. The number of carbonyl (C=O) groups is 1. The molecule has 0 amide bonds. The van der Waals surface area contributed by atoms with Crippen molar-refractivity contribution in [1.82, 2.24) is 4.98 Å². The van der Waals surface area contributed by atoms with Crippen molar-refractivity contribution in [2.45, 2.75) is 65.0 Å². The number of ether oxygens (including phenoxy) is 4. The molecule has 0 radical (unpaired) electrons. The maximum atomic E-state index is 11.6. The maximum Gasteiger partial charge on any atom is 0.336 e. The van der Waals surface area contributed by atoms with E-state index in [9.17, 15) is 9.90 Å². The number of rotatable bonds is 8. The highest BCUT2D eigenvalue weighted by atomic mass is 16.7. The molecule has 0 bridgehead atoms. The van der Waals surface area contributed by atoms with E-state index in [1.165, 1.54) is 0 Å². The van der Waals surface area contributed by atoms with Crippen molar-refractivity contribution in [3.8, 4) is 23.0 Å². The Labute approximate surface area is 203 Å². The van der Waals surface area contributed by atoms with Gasteiger partial charge in [0.2, 0.25) is 12.7 Å². The van der Waals surface area contributed by atoms with Crippen LogP contribution in [-0.4, -0.2) is 35.1 Å². The number of nitrogens with zero attached hydrogens (tertiary/aromatic N) is 1. The molecule has 0 unspecified atom stereocenters. The minimum Gasteiger partial charge on any atom is -0.478 e. The molecule has 1 fully saturated rings. The molecule has 1 saturated carbocycles. The summed E-state index contributed by atoms with van der Waals surface area (Å²) in [7, 11) is 0. The highest BCUT2D eigenvalue weighted by molar-refractivity contribution is 5.91. The van der Waals surface area contributed by atoms with Crippen LogP contribution >= 0.6 is 0 Å². The van der Waals surface area contributed by atoms with Crippen LogP contribution in [0.4, 0.5) is 0 Å². The summed E-state index contributed by atoms with van der Waals surface area (Å²) in [6.45, 7) is 4.55. The summed E-state index contributed by atoms with van der Waals surface area (Å²) in [6.07, 6.45) is 3.73. The van der Waals surface area contributed by atoms with E-state index in [1.54, 1.807) is 13.0 Å². The maximum absolute atomic E-state index is 11.6. The third kappa shape index (κ3) is 5.18. The van der Waals surface area contributed by atoms with E-state index in [0.29, 0.717) is 29.4 Å². The van der Waals surface area contributed by atoms with Crippen molar-refractivity contribution in [2.24, 2.45) is 0 Å². The van der Waals surface area contributed by atoms with Gasteiger partial charge in [-0.25, -0.2) is 9.78 Å². The molecule has 5 rings (SSSR count). The Balaban J connectivity index is 1.17. The third-order valence-corrected chi connectivity index (χ3v) is 6.59. The lowest BCUT2D eigenvalue weighted by molar-refractivity contribution is -0.0564. The van der Waals surface area contributed by atoms with Crippen LogP contribution in [0, 0.1) is 13.8 Å². The first kappa shape index (κ1) is 23.4. The zero-order valence-electron chi connectivity index (χ0n) is 19.9. The Hall–Kier alpha value is -3.36. The smallest absolute Gasteiger partial charge is 0.336 e. The van der Waals surface area contributed by atoms with Crippen LogP contribution in [-0.2, 0) is 22.7 Å². The van der Waals surface area contributed by atoms with Crippen LogP contribution in [0.3, 0.4) is 0 Å². The molecule has 1 N–H and O–H groups in total. The number of aromatic nitrogens is 1. The monoisotopic (exact) mass is 479 g/mol. The zero-order chi connectivity index (χ0) is 24.4. The van der Waals surface area contributed by atoms with Crippen molar-refractivity contribution in [1.29, 1.82) is 0 Å². The summed E-state index contributed by atoms with van der Waals surface area (Å²) < 4.78 is 29.0. The molecule has 8 nitrogen and oxygen atoms in total. The lowest BCUT2D eigenvalue weighted by atomic mass is 9.94. The largest absolute Gasteiger partial charge is 0.478 e. The first-order chi connectivity index (χ1) is 17.0. The number of hydrogen-bond acceptors (Lipinski definition) is 7. The van der Waals surface area contributed by atoms with E-state index >= 15 is 0 Å². The molecule has 2 atom stereocenters. The summed E-state index contributed by atoms with van der Waals surface area (Å²) in [5.74, 6) is 1.73. The molecule has 8 heteroatoms. The molecule has 2 aromatic carbocycles. The van der Waals surface area contributed by atoms with Gasteiger partial charge in [0.05, 0.1) is 31.0 Å². The fourth-order valence-corrected chi connectivity index (χ4v) is 4.68. The molecule has 3 aromatic rings. The number of fused-ring (bicyclic) bond motifs is 1. The Kier molecular flexibility index (Phi) is 6.74. The van der Waals surface area contributed by atoms with E-state index in [4.69, 9.17) is 23.4 Å². The van der Waals surface area contributed by atoms with E-state index in [2.05, 4.69) is 4.98 Å². The molecular formula is C27H29NO7. The standard InChI is InChI=1S/C27H29NO7/c1-16-5-3-6-19(25(16)27(29)30)13-31-20-7-4-8-21(12-20)32-14-22-17(2)35-26(28-22)18-9-10-23-24(11-18)34-15-33-23/h3,5-6,9-11,20-21H,4,7-8,12-15H2,1-2H3,(H,29,30)/t20-,21+/m1/s1. The Bertz CT molecular complexity index is 1220. The molecule has 0 spiro atoms. The lowest BCUT2D eigenvalue weighted by Gasteiger charge is -2.29. The number of aryl methyl sites for hydroxylation is 2. The quantitative estimate of drug-likeness (QED) is 0.457. The second-order valence-corrected chi connectivity index (χ2v) is 9.04. The zero-order valence-corrected chi connectivity index (χ0v) is 19.9. The lowest BCUT2D eigenvalue weighted by Crippen LogP contribution is -2.28. The first-order valence-corrected chi connectivity index (χ1v) is 11.9. The summed E-state index contributed by atoms with van der Waals surface area (Å²) >= 11 is 0. The van der Waals surface area contributed by atoms with Crippen molar-refractivity contribution in [2.75, 3.05) is 6.79 Å². The Morgan fingerprint density at radius 3 is 2.63 bits per heavy atom. The van der Waals surface area contributed by atoms with Crippen LogP contribution in [0.2, 0.25) is 0 Å². The number of carboxylic acids is 1. The summed E-state index contributed by atoms with van der Waals surface area (Å²) in [6, 6.07) is 11.1. The number of hydrogen-bond donors (Lipinski definition) is 1. The minimum absolute atomic E-state index is 0.0264. The van der Waals surface area contributed by atoms with Gasteiger partial charge in [0.1, 0.15) is 11.5 Å². The van der Waals surface area contributed by atoms with Gasteiger partial charge in [-0.2, -0.15) is 0 Å². The summed E-state index contributed by atoms with van der Waals surface area (Å²) in [5, 5.41) is 9.54. The van der Waals surface area contributed by atoms with Gasteiger partial charge in [-0.05, 0) is 68.9 Å². The highest BCUT2D eigenvalue weighted by Crippen LogP contribution is 2.36. The van der Waals surface area contributed by atoms with Crippen LogP contribution in [0.15, 0.2) is 40.8 Å². The molecule has 1 aliphatic heterocycles. The van der Waals surface area contributed by atoms with E-state index in [0.717, 1.165) is 54.0 Å². The van der Waals surface area contributed by atoms with Crippen molar-refractivity contribution < 1.29 is 33.3 Å². The topological polar surface area (TPSA) is 100 Å². The summed E-state index contributed by atoms with van der Waals surface area (Å²) in [4.78, 5) is 16.3. The third-order valence-electron chi connectivity index (χ3n) is 6.59. The van der Waals surface area contributed by atoms with Crippen molar-refractivity contribution in [3.05, 3.63) is 64.5 Å². The molecule has 1 aromatic heterocycles. The normalized spacial score (nSPS) is 19.1. The Morgan fingerprint density at radius 1 is 1.06 bits per heavy atom. The van der Waals surface area contributed by atoms with Gasteiger partial charge in [0, 0.05) is 5.56 Å². The molecule has 184 valence electrons. The fraction of sp³-hybridized carbons (Fsp3) is 0.407. The van der Waals surface area contributed by atoms with E-state index < -0.39 is 5.97 Å². The van der Waals surface area contributed by atoms with Gasteiger partial charge in [-0.1, -0.05) is 18.2 Å². The predicted octanol–water partition coefficient (Wildman–Crippen LogP) is 5.43. The molecular weight excluding hydrogens is 450 g/mol. The number of oxazole rings is 1. The average molecular weight is 480 g/mol. The van der Waals surface area contributed by atoms with Crippen LogP contribution in [0.25, 0.3) is 11.5 Å². The summed E-state index contributed by atoms with van der Waals surface area (Å²) in [5.41, 5.74) is 3.37. The predicted molar refractivity (Wildman–Crippen MR) is 127 cm³/mol. The fourth-order valence-electron chi connectivity index (χ4n) is 4.68. The van der Waals surface area contributed by atoms with Crippen molar-refractivity contribution in [3.63, 3.8) is 0 Å². The number of carboxylic acid groups (broad SMARTS) is 1.